The molecule has 4 heterocycles. The number of anilines is 1. The number of thiazole rings is 1. The third kappa shape index (κ3) is 3.47. The maximum Gasteiger partial charge on any atom is 0.299 e. The fourth-order valence-corrected chi connectivity index (χ4v) is 4.19. The predicted molar refractivity (Wildman–Crippen MR) is 115 cm³/mol. The lowest BCUT2D eigenvalue weighted by Gasteiger charge is -2.16. The fraction of sp³-hybridized carbons (Fsp3) is 0.238. The number of carbonyl (C=O) groups is 1. The Labute approximate surface area is 172 Å². The molecule has 0 spiro atoms. The van der Waals surface area contributed by atoms with Gasteiger partial charge in [-0.1, -0.05) is 49.1 Å². The van der Waals surface area contributed by atoms with Crippen LogP contribution in [0.5, 0.6) is 5.88 Å². The Hall–Kier alpha value is -3.26. The summed E-state index contributed by atoms with van der Waals surface area (Å²) >= 11 is 1.36. The van der Waals surface area contributed by atoms with Crippen LogP contribution >= 0.6 is 11.3 Å². The molecule has 0 bridgehead atoms. The Balaban J connectivity index is 0.00000205. The molecule has 0 amide bonds. The minimum absolute atomic E-state index is 0. The Bertz CT molecular complexity index is 1130. The number of hydrogen-bond acceptors (Lipinski definition) is 7. The van der Waals surface area contributed by atoms with E-state index >= 15 is 0 Å². The number of ether oxygens (including phenoxy) is 1. The molecule has 1 saturated heterocycles. The van der Waals surface area contributed by atoms with E-state index < -0.39 is 0 Å². The number of aromatic nitrogens is 4. The highest BCUT2D eigenvalue weighted by molar-refractivity contribution is 7.12. The number of rotatable bonds is 5. The normalized spacial score (nSPS) is 13.4. The maximum atomic E-state index is 10.6. The van der Waals surface area contributed by atoms with Gasteiger partial charge in [0.05, 0.1) is 5.38 Å². The number of carbonyl (C=O) groups excluding carboxylic acids is 1. The Kier molecular flexibility index (Phi) is 5.26. The number of fused-ring (bicyclic) bond motifs is 1. The van der Waals surface area contributed by atoms with E-state index in [0.29, 0.717) is 11.6 Å². The monoisotopic (exact) mass is 407 g/mol. The van der Waals surface area contributed by atoms with Crippen molar-refractivity contribution < 1.29 is 9.53 Å². The average molecular weight is 407 g/mol. The first-order chi connectivity index (χ1) is 13.8. The van der Waals surface area contributed by atoms with Crippen molar-refractivity contribution >= 4 is 34.7 Å². The molecule has 1 aromatic carbocycles. The van der Waals surface area contributed by atoms with E-state index in [1.807, 2.05) is 30.3 Å². The fourth-order valence-electron chi connectivity index (χ4n) is 3.50. The van der Waals surface area contributed by atoms with E-state index in [0.717, 1.165) is 41.2 Å². The molecule has 0 unspecified atom stereocenters. The summed E-state index contributed by atoms with van der Waals surface area (Å²) < 4.78 is 6.60. The highest BCUT2D eigenvalue weighted by atomic mass is 32.1. The summed E-state index contributed by atoms with van der Waals surface area (Å²) in [4.78, 5) is 22.2. The van der Waals surface area contributed by atoms with Gasteiger partial charge in [-0.3, -0.25) is 4.79 Å². The molecule has 0 aliphatic carbocycles. The molecule has 7 nitrogen and oxygen atoms in total. The minimum Gasteiger partial charge on any atom is -0.409 e. The highest BCUT2D eigenvalue weighted by Gasteiger charge is 2.20. The van der Waals surface area contributed by atoms with Crippen LogP contribution in [0.25, 0.3) is 27.4 Å². The van der Waals surface area contributed by atoms with Crippen LogP contribution in [0, 0.1) is 0 Å². The second-order valence-corrected chi connectivity index (χ2v) is 7.38. The molecule has 1 fully saturated rings. The van der Waals surface area contributed by atoms with E-state index in [-0.39, 0.29) is 13.3 Å². The molecule has 4 aromatic rings. The van der Waals surface area contributed by atoms with Crippen LogP contribution in [-0.4, -0.2) is 39.3 Å². The number of hydrogen-bond donors (Lipinski definition) is 0. The smallest absolute Gasteiger partial charge is 0.299 e. The van der Waals surface area contributed by atoms with Crippen molar-refractivity contribution in [1.29, 1.82) is 0 Å². The molecule has 0 saturated carbocycles. The Morgan fingerprint density at radius 2 is 1.83 bits per heavy atom. The van der Waals surface area contributed by atoms with Crippen LogP contribution in [0.4, 0.5) is 5.82 Å². The van der Waals surface area contributed by atoms with E-state index in [1.54, 1.807) is 10.1 Å². The summed E-state index contributed by atoms with van der Waals surface area (Å²) in [5, 5.41) is 8.06. The first-order valence-electron chi connectivity index (χ1n) is 9.10. The molecular weight excluding hydrogens is 386 g/mol. The van der Waals surface area contributed by atoms with Crippen LogP contribution in [0.1, 0.15) is 20.3 Å². The Morgan fingerprint density at radius 3 is 2.59 bits per heavy atom. The third-order valence-electron chi connectivity index (χ3n) is 4.81. The van der Waals surface area contributed by atoms with Crippen LogP contribution in [-0.2, 0) is 4.79 Å². The third-order valence-corrected chi connectivity index (χ3v) is 5.61. The van der Waals surface area contributed by atoms with Gasteiger partial charge in [-0.25, -0.2) is 4.98 Å². The van der Waals surface area contributed by atoms with Gasteiger partial charge in [-0.15, -0.1) is 0 Å². The van der Waals surface area contributed by atoms with Crippen LogP contribution in [0.2, 0.25) is 0 Å². The number of benzene rings is 1. The summed E-state index contributed by atoms with van der Waals surface area (Å²) in [5.74, 6) is 1.21. The number of pyridine rings is 1. The molecule has 3 aromatic heterocycles. The standard InChI is InChI=1S/C20H17N5O2S.CH4/c26-13-27-17-12-28-20(22-17)25-19-15(18(23-25)14-6-2-1-3-7-14)8-9-16(21-19)24-10-4-5-11-24;/h1-3,6-9,12-13H,4-5,10-11H2;1H4. The van der Waals surface area contributed by atoms with E-state index in [1.165, 1.54) is 24.2 Å². The van der Waals surface area contributed by atoms with E-state index in [4.69, 9.17) is 14.8 Å². The zero-order valence-corrected chi connectivity index (χ0v) is 15.8. The van der Waals surface area contributed by atoms with Gasteiger partial charge in [-0.2, -0.15) is 14.8 Å². The summed E-state index contributed by atoms with van der Waals surface area (Å²) in [6.07, 6.45) is 2.38. The average Bonchev–Trinajstić information content (AvgIpc) is 3.48. The first-order valence-corrected chi connectivity index (χ1v) is 9.98. The molecule has 0 atom stereocenters. The lowest BCUT2D eigenvalue weighted by Crippen LogP contribution is -2.18. The lowest BCUT2D eigenvalue weighted by molar-refractivity contribution is -0.120. The molecule has 0 radical (unpaired) electrons. The van der Waals surface area contributed by atoms with Gasteiger partial charge in [0, 0.05) is 24.0 Å². The van der Waals surface area contributed by atoms with Gasteiger partial charge in [0.1, 0.15) is 11.5 Å². The largest absolute Gasteiger partial charge is 0.409 e. The quantitative estimate of drug-likeness (QED) is 0.459. The second-order valence-electron chi connectivity index (χ2n) is 6.54. The molecule has 1 aliphatic rings. The number of nitrogens with zero attached hydrogens (tertiary/aromatic N) is 5. The SMILES string of the molecule is C.O=COc1csc(-n2nc(-c3ccccc3)c3ccc(N4CCCC4)nc32)n1. The van der Waals surface area contributed by atoms with E-state index in [2.05, 4.69) is 22.0 Å². The minimum atomic E-state index is 0. The van der Waals surface area contributed by atoms with Crippen molar-refractivity contribution in [3.05, 3.63) is 47.8 Å². The van der Waals surface area contributed by atoms with Gasteiger partial charge < -0.3 is 9.64 Å². The van der Waals surface area contributed by atoms with Gasteiger partial charge >= 0.3 is 0 Å². The summed E-state index contributed by atoms with van der Waals surface area (Å²) in [5.41, 5.74) is 2.61. The van der Waals surface area contributed by atoms with Gasteiger partial charge in [0.2, 0.25) is 11.0 Å². The molecule has 8 heteroatoms. The van der Waals surface area contributed by atoms with Crippen LogP contribution < -0.4 is 9.64 Å². The lowest BCUT2D eigenvalue weighted by atomic mass is 10.1. The van der Waals surface area contributed by atoms with Gasteiger partial charge in [-0.05, 0) is 25.0 Å². The molecular formula is C21H21N5O2S. The summed E-state index contributed by atoms with van der Waals surface area (Å²) in [6.45, 7) is 2.42. The van der Waals surface area contributed by atoms with Crippen LogP contribution in [0.15, 0.2) is 47.8 Å². The van der Waals surface area contributed by atoms with Gasteiger partial charge in [0.25, 0.3) is 6.47 Å². The van der Waals surface area contributed by atoms with Gasteiger partial charge in [0.15, 0.2) is 5.65 Å². The van der Waals surface area contributed by atoms with Crippen molar-refractivity contribution in [3.63, 3.8) is 0 Å². The molecule has 148 valence electrons. The molecule has 1 aliphatic heterocycles. The summed E-state index contributed by atoms with van der Waals surface area (Å²) in [7, 11) is 0. The van der Waals surface area contributed by atoms with Crippen LogP contribution in [0.3, 0.4) is 0 Å². The predicted octanol–water partition coefficient (Wildman–Crippen LogP) is 4.32. The molecule has 5 rings (SSSR count). The zero-order chi connectivity index (χ0) is 18.9. The van der Waals surface area contributed by atoms with E-state index in [9.17, 15) is 4.79 Å². The molecule has 0 N–H and O–H groups in total. The summed E-state index contributed by atoms with van der Waals surface area (Å²) in [6, 6.07) is 14.2. The first kappa shape index (κ1) is 19.1. The molecule has 29 heavy (non-hydrogen) atoms. The maximum absolute atomic E-state index is 10.6. The highest BCUT2D eigenvalue weighted by Crippen LogP contribution is 2.32. The Morgan fingerprint density at radius 1 is 1.03 bits per heavy atom. The van der Waals surface area contributed by atoms with Crippen molar-refractivity contribution in [2.75, 3.05) is 18.0 Å². The van der Waals surface area contributed by atoms with Crippen molar-refractivity contribution in [1.82, 2.24) is 19.7 Å². The zero-order valence-electron chi connectivity index (χ0n) is 15.0. The van der Waals surface area contributed by atoms with Crippen molar-refractivity contribution in [2.24, 2.45) is 0 Å². The second kappa shape index (κ2) is 8.00. The van der Waals surface area contributed by atoms with Crippen molar-refractivity contribution in [3.8, 4) is 22.3 Å². The van der Waals surface area contributed by atoms with Crippen molar-refractivity contribution in [2.45, 2.75) is 20.3 Å². The topological polar surface area (TPSA) is 73.1 Å².